The number of amides is 1. The third-order valence-corrected chi connectivity index (χ3v) is 3.25. The van der Waals surface area contributed by atoms with Crippen molar-refractivity contribution in [1.82, 2.24) is 0 Å². The Morgan fingerprint density at radius 1 is 1.28 bits per heavy atom. The summed E-state index contributed by atoms with van der Waals surface area (Å²) < 4.78 is 0. The lowest BCUT2D eigenvalue weighted by Crippen LogP contribution is -2.42. The first-order chi connectivity index (χ1) is 8.57. The lowest BCUT2D eigenvalue weighted by atomic mass is 10.0. The molecule has 100 valence electrons. The van der Waals surface area contributed by atoms with Crippen molar-refractivity contribution in [3.63, 3.8) is 0 Å². The van der Waals surface area contributed by atoms with Crippen LogP contribution >= 0.6 is 0 Å². The van der Waals surface area contributed by atoms with Gasteiger partial charge in [0.25, 0.3) is 0 Å². The van der Waals surface area contributed by atoms with Gasteiger partial charge in [0.1, 0.15) is 0 Å². The van der Waals surface area contributed by atoms with E-state index in [0.29, 0.717) is 0 Å². The Labute approximate surface area is 110 Å². The first kappa shape index (κ1) is 14.7. The number of benzene rings is 1. The van der Waals surface area contributed by atoms with Gasteiger partial charge < -0.3 is 10.6 Å². The summed E-state index contributed by atoms with van der Waals surface area (Å²) in [6.07, 6.45) is 2.08. The maximum Gasteiger partial charge on any atom is 0.231 e. The van der Waals surface area contributed by atoms with Crippen LogP contribution in [0, 0.1) is 5.92 Å². The van der Waals surface area contributed by atoms with E-state index in [1.807, 2.05) is 49.1 Å². The van der Waals surface area contributed by atoms with Crippen LogP contribution in [0.5, 0.6) is 0 Å². The van der Waals surface area contributed by atoms with Crippen LogP contribution in [0.3, 0.4) is 0 Å². The smallest absolute Gasteiger partial charge is 0.231 e. The van der Waals surface area contributed by atoms with Gasteiger partial charge in [-0.05, 0) is 25.5 Å². The van der Waals surface area contributed by atoms with Crippen LogP contribution in [-0.4, -0.2) is 18.5 Å². The Hall–Kier alpha value is -1.35. The van der Waals surface area contributed by atoms with Crippen LogP contribution in [0.1, 0.15) is 33.6 Å². The van der Waals surface area contributed by atoms with Crippen molar-refractivity contribution in [2.45, 2.75) is 39.7 Å². The molecule has 0 spiro atoms. The number of carbonyl (C=O) groups excluding carboxylic acids is 1. The Morgan fingerprint density at radius 3 is 2.39 bits per heavy atom. The standard InChI is InChI=1S/C15H24N2O/c1-4-5-11-17(14-9-7-6-8-10-14)15(18)12(2)13(3)16/h6-10,12-13H,4-5,11,16H2,1-3H3. The largest absolute Gasteiger partial charge is 0.327 e. The summed E-state index contributed by atoms with van der Waals surface area (Å²) in [5.74, 6) is -0.0355. The fraction of sp³-hybridized carbons (Fsp3) is 0.533. The number of rotatable bonds is 6. The van der Waals surface area contributed by atoms with Gasteiger partial charge in [0.05, 0.1) is 5.92 Å². The van der Waals surface area contributed by atoms with E-state index in [1.54, 1.807) is 0 Å². The number of unbranched alkanes of at least 4 members (excludes halogenated alkanes) is 1. The van der Waals surface area contributed by atoms with Crippen molar-refractivity contribution < 1.29 is 4.79 Å². The average Bonchev–Trinajstić information content (AvgIpc) is 2.39. The van der Waals surface area contributed by atoms with Crippen molar-refractivity contribution in [3.05, 3.63) is 30.3 Å². The summed E-state index contributed by atoms with van der Waals surface area (Å²) in [6, 6.07) is 9.70. The van der Waals surface area contributed by atoms with Gasteiger partial charge in [-0.1, -0.05) is 38.5 Å². The molecule has 1 aromatic carbocycles. The molecule has 1 rings (SSSR count). The van der Waals surface area contributed by atoms with E-state index in [9.17, 15) is 4.79 Å². The van der Waals surface area contributed by atoms with Gasteiger partial charge in [-0.2, -0.15) is 0 Å². The van der Waals surface area contributed by atoms with E-state index in [-0.39, 0.29) is 17.9 Å². The van der Waals surface area contributed by atoms with Gasteiger partial charge in [0.2, 0.25) is 5.91 Å². The van der Waals surface area contributed by atoms with E-state index in [1.165, 1.54) is 0 Å². The van der Waals surface area contributed by atoms with Crippen LogP contribution in [0.4, 0.5) is 5.69 Å². The molecule has 0 aromatic heterocycles. The predicted octanol–water partition coefficient (Wildman–Crippen LogP) is 2.80. The van der Waals surface area contributed by atoms with Crippen LogP contribution in [0.15, 0.2) is 30.3 Å². The van der Waals surface area contributed by atoms with Gasteiger partial charge in [-0.3, -0.25) is 4.79 Å². The lowest BCUT2D eigenvalue weighted by molar-refractivity contribution is -0.122. The quantitative estimate of drug-likeness (QED) is 0.841. The van der Waals surface area contributed by atoms with E-state index in [2.05, 4.69) is 6.92 Å². The molecule has 3 heteroatoms. The maximum absolute atomic E-state index is 12.4. The minimum Gasteiger partial charge on any atom is -0.327 e. The highest BCUT2D eigenvalue weighted by atomic mass is 16.2. The number of hydrogen-bond donors (Lipinski definition) is 1. The van der Waals surface area contributed by atoms with Crippen molar-refractivity contribution in [3.8, 4) is 0 Å². The third-order valence-electron chi connectivity index (χ3n) is 3.25. The Kier molecular flexibility index (Phi) is 5.86. The van der Waals surface area contributed by atoms with Crippen LogP contribution < -0.4 is 10.6 Å². The number of nitrogens with zero attached hydrogens (tertiary/aromatic N) is 1. The molecule has 1 amide bonds. The molecule has 0 aliphatic heterocycles. The average molecular weight is 248 g/mol. The zero-order valence-corrected chi connectivity index (χ0v) is 11.6. The maximum atomic E-state index is 12.4. The topological polar surface area (TPSA) is 46.3 Å². The summed E-state index contributed by atoms with van der Waals surface area (Å²) in [6.45, 7) is 6.67. The molecule has 0 aliphatic rings. The zero-order chi connectivity index (χ0) is 13.5. The summed E-state index contributed by atoms with van der Waals surface area (Å²) >= 11 is 0. The number of anilines is 1. The summed E-state index contributed by atoms with van der Waals surface area (Å²) in [5, 5.41) is 0. The summed E-state index contributed by atoms with van der Waals surface area (Å²) in [5.41, 5.74) is 6.80. The molecule has 2 unspecified atom stereocenters. The SMILES string of the molecule is CCCCN(C(=O)C(C)C(C)N)c1ccccc1. The molecule has 1 aromatic rings. The molecule has 0 radical (unpaired) electrons. The summed E-state index contributed by atoms with van der Waals surface area (Å²) in [7, 11) is 0. The second-order valence-electron chi connectivity index (χ2n) is 4.83. The van der Waals surface area contributed by atoms with E-state index in [0.717, 1.165) is 25.1 Å². The van der Waals surface area contributed by atoms with Crippen LogP contribution in [0.25, 0.3) is 0 Å². The highest BCUT2D eigenvalue weighted by Gasteiger charge is 2.23. The molecule has 0 heterocycles. The van der Waals surface area contributed by atoms with Crippen molar-refractivity contribution >= 4 is 11.6 Å². The fourth-order valence-corrected chi connectivity index (χ4v) is 1.76. The van der Waals surface area contributed by atoms with Crippen molar-refractivity contribution in [1.29, 1.82) is 0 Å². The van der Waals surface area contributed by atoms with Gasteiger partial charge in [0, 0.05) is 18.3 Å². The number of para-hydroxylation sites is 1. The highest BCUT2D eigenvalue weighted by Crippen LogP contribution is 2.18. The third kappa shape index (κ3) is 3.84. The van der Waals surface area contributed by atoms with Crippen LogP contribution in [-0.2, 0) is 4.79 Å². The lowest BCUT2D eigenvalue weighted by Gasteiger charge is -2.27. The molecule has 18 heavy (non-hydrogen) atoms. The molecule has 0 aliphatic carbocycles. The second-order valence-corrected chi connectivity index (χ2v) is 4.83. The molecule has 2 atom stereocenters. The Bertz CT molecular complexity index is 362. The molecule has 0 saturated carbocycles. The van der Waals surface area contributed by atoms with Gasteiger partial charge >= 0.3 is 0 Å². The normalized spacial score (nSPS) is 14.0. The van der Waals surface area contributed by atoms with E-state index < -0.39 is 0 Å². The van der Waals surface area contributed by atoms with Gasteiger partial charge in [-0.25, -0.2) is 0 Å². The Balaban J connectivity index is 2.88. The molecule has 0 fully saturated rings. The number of carbonyl (C=O) groups is 1. The van der Waals surface area contributed by atoms with Gasteiger partial charge in [0.15, 0.2) is 0 Å². The molecular weight excluding hydrogens is 224 g/mol. The molecular formula is C15H24N2O. The number of nitrogens with two attached hydrogens (primary N) is 1. The highest BCUT2D eigenvalue weighted by molar-refractivity contribution is 5.95. The Morgan fingerprint density at radius 2 is 1.89 bits per heavy atom. The molecule has 0 saturated heterocycles. The molecule has 3 nitrogen and oxygen atoms in total. The van der Waals surface area contributed by atoms with E-state index >= 15 is 0 Å². The first-order valence-corrected chi connectivity index (χ1v) is 6.70. The minimum absolute atomic E-state index is 0.115. The minimum atomic E-state index is -0.151. The zero-order valence-electron chi connectivity index (χ0n) is 11.6. The summed E-state index contributed by atoms with van der Waals surface area (Å²) in [4.78, 5) is 14.3. The van der Waals surface area contributed by atoms with Gasteiger partial charge in [-0.15, -0.1) is 0 Å². The van der Waals surface area contributed by atoms with E-state index in [4.69, 9.17) is 5.73 Å². The fourth-order valence-electron chi connectivity index (χ4n) is 1.76. The predicted molar refractivity (Wildman–Crippen MR) is 76.5 cm³/mol. The van der Waals surface area contributed by atoms with Crippen molar-refractivity contribution in [2.24, 2.45) is 11.7 Å². The molecule has 0 bridgehead atoms. The second kappa shape index (κ2) is 7.17. The number of hydrogen-bond acceptors (Lipinski definition) is 2. The van der Waals surface area contributed by atoms with Crippen LogP contribution in [0.2, 0.25) is 0 Å². The molecule has 2 N–H and O–H groups in total. The first-order valence-electron chi connectivity index (χ1n) is 6.70. The van der Waals surface area contributed by atoms with Crippen molar-refractivity contribution in [2.75, 3.05) is 11.4 Å². The monoisotopic (exact) mass is 248 g/mol.